The molecule has 0 aromatic carbocycles. The molecule has 0 unspecified atom stereocenters. The summed E-state index contributed by atoms with van der Waals surface area (Å²) >= 11 is 0. The van der Waals surface area contributed by atoms with Gasteiger partial charge in [-0.2, -0.15) is 0 Å². The predicted octanol–water partition coefficient (Wildman–Crippen LogP) is -0.241. The maximum absolute atomic E-state index is 11.2. The van der Waals surface area contributed by atoms with E-state index in [4.69, 9.17) is 4.74 Å². The van der Waals surface area contributed by atoms with Crippen molar-refractivity contribution in [1.29, 1.82) is 0 Å². The molecule has 1 saturated heterocycles. The Labute approximate surface area is 93.0 Å². The maximum Gasteiger partial charge on any atom is 0.323 e. The zero-order chi connectivity index (χ0) is 11.4. The Bertz CT molecular complexity index is 358. The highest BCUT2D eigenvalue weighted by Gasteiger charge is 2.31. The minimum Gasteiger partial charge on any atom is -0.468 e. The first-order valence-corrected chi connectivity index (χ1v) is 5.04. The number of hydrogen-bond acceptors (Lipinski definition) is 6. The molecule has 2 heterocycles. The zero-order valence-corrected chi connectivity index (χ0v) is 8.92. The van der Waals surface area contributed by atoms with Crippen molar-refractivity contribution in [3.05, 3.63) is 18.5 Å². The fraction of sp³-hybridized carbons (Fsp3) is 0.500. The maximum atomic E-state index is 11.2. The number of nitrogens with one attached hydrogen (secondary N) is 1. The Morgan fingerprint density at radius 2 is 2.25 bits per heavy atom. The first-order valence-electron chi connectivity index (χ1n) is 5.04. The van der Waals surface area contributed by atoms with Gasteiger partial charge in [-0.05, 0) is 6.07 Å². The van der Waals surface area contributed by atoms with Crippen LogP contribution in [0.3, 0.4) is 0 Å². The number of carbonyl (C=O) groups is 1. The molecule has 0 saturated carbocycles. The van der Waals surface area contributed by atoms with Crippen LogP contribution in [0.2, 0.25) is 0 Å². The van der Waals surface area contributed by atoms with E-state index in [0.29, 0.717) is 19.0 Å². The van der Waals surface area contributed by atoms with Crippen molar-refractivity contribution in [2.75, 3.05) is 13.7 Å². The Hall–Kier alpha value is -1.69. The second kappa shape index (κ2) is 4.89. The SMILES string of the molecule is COC(=O)[C@@H]1C[C@@H](Oc2ncccn2)CN1. The molecule has 0 amide bonds. The van der Waals surface area contributed by atoms with E-state index in [1.165, 1.54) is 7.11 Å². The molecule has 0 aliphatic carbocycles. The topological polar surface area (TPSA) is 73.3 Å². The van der Waals surface area contributed by atoms with E-state index in [9.17, 15) is 4.79 Å². The van der Waals surface area contributed by atoms with Gasteiger partial charge in [0.25, 0.3) is 0 Å². The van der Waals surface area contributed by atoms with Gasteiger partial charge in [0.05, 0.1) is 7.11 Å². The van der Waals surface area contributed by atoms with Gasteiger partial charge >= 0.3 is 12.0 Å². The number of hydrogen-bond donors (Lipinski definition) is 1. The van der Waals surface area contributed by atoms with Crippen LogP contribution in [-0.2, 0) is 9.53 Å². The van der Waals surface area contributed by atoms with Crippen LogP contribution >= 0.6 is 0 Å². The summed E-state index contributed by atoms with van der Waals surface area (Å²) < 4.78 is 10.2. The molecule has 1 N–H and O–H groups in total. The van der Waals surface area contributed by atoms with Crippen molar-refractivity contribution in [2.45, 2.75) is 18.6 Å². The van der Waals surface area contributed by atoms with Gasteiger partial charge in [-0.1, -0.05) is 0 Å². The van der Waals surface area contributed by atoms with Crippen LogP contribution in [0.1, 0.15) is 6.42 Å². The highest BCUT2D eigenvalue weighted by atomic mass is 16.5. The van der Waals surface area contributed by atoms with Gasteiger partial charge in [0.2, 0.25) is 0 Å². The van der Waals surface area contributed by atoms with Gasteiger partial charge in [0, 0.05) is 25.4 Å². The molecule has 86 valence electrons. The Balaban J connectivity index is 1.88. The van der Waals surface area contributed by atoms with Gasteiger partial charge in [0.15, 0.2) is 0 Å². The second-order valence-electron chi connectivity index (χ2n) is 3.49. The van der Waals surface area contributed by atoms with Crippen molar-refractivity contribution < 1.29 is 14.3 Å². The third-order valence-electron chi connectivity index (χ3n) is 2.39. The largest absolute Gasteiger partial charge is 0.468 e. The lowest BCUT2D eigenvalue weighted by atomic mass is 10.2. The zero-order valence-electron chi connectivity index (χ0n) is 8.92. The molecule has 2 rings (SSSR count). The average molecular weight is 223 g/mol. The lowest BCUT2D eigenvalue weighted by molar-refractivity contribution is -0.142. The lowest BCUT2D eigenvalue weighted by Gasteiger charge is -2.10. The normalized spacial score (nSPS) is 24.1. The number of aromatic nitrogens is 2. The molecule has 1 fully saturated rings. The number of methoxy groups -OCH3 is 1. The van der Waals surface area contributed by atoms with E-state index < -0.39 is 0 Å². The number of ether oxygens (including phenoxy) is 2. The summed E-state index contributed by atoms with van der Waals surface area (Å²) in [6, 6.07) is 1.76. The first kappa shape index (κ1) is 10.8. The molecule has 6 heteroatoms. The molecule has 0 radical (unpaired) electrons. The molecule has 16 heavy (non-hydrogen) atoms. The molecule has 1 aliphatic heterocycles. The number of esters is 1. The van der Waals surface area contributed by atoms with E-state index in [0.717, 1.165) is 0 Å². The van der Waals surface area contributed by atoms with Crippen LogP contribution in [0.5, 0.6) is 6.01 Å². The first-order chi connectivity index (χ1) is 7.79. The van der Waals surface area contributed by atoms with Crippen LogP contribution < -0.4 is 10.1 Å². The van der Waals surface area contributed by atoms with Crippen molar-refractivity contribution in [3.8, 4) is 6.01 Å². The van der Waals surface area contributed by atoms with Crippen molar-refractivity contribution >= 4 is 5.97 Å². The summed E-state index contributed by atoms with van der Waals surface area (Å²) in [5.41, 5.74) is 0. The molecular weight excluding hydrogens is 210 g/mol. The van der Waals surface area contributed by atoms with Gasteiger partial charge in [-0.25, -0.2) is 9.97 Å². The van der Waals surface area contributed by atoms with E-state index in [2.05, 4.69) is 20.0 Å². The third-order valence-corrected chi connectivity index (χ3v) is 2.39. The lowest BCUT2D eigenvalue weighted by Crippen LogP contribution is -2.31. The molecule has 0 spiro atoms. The molecule has 0 bridgehead atoms. The van der Waals surface area contributed by atoms with Gasteiger partial charge in [-0.3, -0.25) is 4.79 Å². The minimum atomic E-state index is -0.293. The minimum absolute atomic E-state index is 0.0912. The third kappa shape index (κ3) is 2.46. The van der Waals surface area contributed by atoms with Crippen LogP contribution in [-0.4, -0.2) is 41.7 Å². The quantitative estimate of drug-likeness (QED) is 0.713. The van der Waals surface area contributed by atoms with Gasteiger partial charge in [-0.15, -0.1) is 0 Å². The monoisotopic (exact) mass is 223 g/mol. The fourth-order valence-corrected chi connectivity index (χ4v) is 1.61. The summed E-state index contributed by atoms with van der Waals surface area (Å²) in [7, 11) is 1.37. The molecule has 2 atom stereocenters. The standard InChI is InChI=1S/C10H13N3O3/c1-15-9(14)8-5-7(6-13-8)16-10-11-3-2-4-12-10/h2-4,7-8,13H,5-6H2,1H3/t7-,8+/m1/s1. The second-order valence-corrected chi connectivity index (χ2v) is 3.49. The predicted molar refractivity (Wildman–Crippen MR) is 54.9 cm³/mol. The smallest absolute Gasteiger partial charge is 0.323 e. The highest BCUT2D eigenvalue weighted by Crippen LogP contribution is 2.13. The van der Waals surface area contributed by atoms with Crippen LogP contribution in [0, 0.1) is 0 Å². The van der Waals surface area contributed by atoms with Crippen molar-refractivity contribution in [2.24, 2.45) is 0 Å². The summed E-state index contributed by atoms with van der Waals surface area (Å²) in [5, 5.41) is 3.02. The summed E-state index contributed by atoms with van der Waals surface area (Å²) in [6.45, 7) is 0.595. The van der Waals surface area contributed by atoms with Gasteiger partial charge < -0.3 is 14.8 Å². The van der Waals surface area contributed by atoms with Crippen LogP contribution in [0.25, 0.3) is 0 Å². The summed E-state index contributed by atoms with van der Waals surface area (Å²) in [4.78, 5) is 19.2. The molecule has 1 aliphatic rings. The summed E-state index contributed by atoms with van der Waals surface area (Å²) in [6.07, 6.45) is 3.71. The Kier molecular flexibility index (Phi) is 3.31. The molecule has 1 aromatic heterocycles. The number of nitrogens with zero attached hydrogens (tertiary/aromatic N) is 2. The van der Waals surface area contributed by atoms with Crippen LogP contribution in [0.15, 0.2) is 18.5 Å². The number of rotatable bonds is 3. The van der Waals surface area contributed by atoms with Crippen molar-refractivity contribution in [1.82, 2.24) is 15.3 Å². The van der Waals surface area contributed by atoms with Gasteiger partial charge in [0.1, 0.15) is 12.1 Å². The summed E-state index contributed by atoms with van der Waals surface area (Å²) in [5.74, 6) is -0.264. The Morgan fingerprint density at radius 3 is 2.94 bits per heavy atom. The Morgan fingerprint density at radius 1 is 1.50 bits per heavy atom. The number of carbonyl (C=O) groups excluding carboxylic acids is 1. The van der Waals surface area contributed by atoms with E-state index in [1.807, 2.05) is 0 Å². The molecule has 1 aromatic rings. The highest BCUT2D eigenvalue weighted by molar-refractivity contribution is 5.76. The molecule has 6 nitrogen and oxygen atoms in total. The van der Waals surface area contributed by atoms with E-state index in [1.54, 1.807) is 18.5 Å². The molecular formula is C10H13N3O3. The van der Waals surface area contributed by atoms with Crippen molar-refractivity contribution in [3.63, 3.8) is 0 Å². The van der Waals surface area contributed by atoms with Crippen LogP contribution in [0.4, 0.5) is 0 Å². The fourth-order valence-electron chi connectivity index (χ4n) is 1.61. The van der Waals surface area contributed by atoms with E-state index >= 15 is 0 Å². The average Bonchev–Trinajstić information content (AvgIpc) is 2.78. The van der Waals surface area contributed by atoms with E-state index in [-0.39, 0.29) is 18.1 Å².